The third-order valence-electron chi connectivity index (χ3n) is 4.96. The lowest BCUT2D eigenvalue weighted by molar-refractivity contribution is -0.118. The van der Waals surface area contributed by atoms with E-state index in [0.29, 0.717) is 0 Å². The zero-order valence-electron chi connectivity index (χ0n) is 15.9. The molecular weight excluding hydrogens is 356 g/mol. The molecule has 0 aliphatic carbocycles. The Balaban J connectivity index is 1.61. The van der Waals surface area contributed by atoms with E-state index in [1.165, 1.54) is 10.6 Å². The molecule has 140 valence electrons. The second-order valence-corrected chi connectivity index (χ2v) is 8.03. The molecule has 0 fully saturated rings. The molecule has 2 heterocycles. The number of hydrogen-bond acceptors (Lipinski definition) is 4. The van der Waals surface area contributed by atoms with Crippen LogP contribution in [0.25, 0.3) is 11.0 Å². The largest absolute Gasteiger partial charge is 0.362 e. The van der Waals surface area contributed by atoms with Crippen LogP contribution in [-0.2, 0) is 17.9 Å². The van der Waals surface area contributed by atoms with Gasteiger partial charge in [0.15, 0.2) is 0 Å². The van der Waals surface area contributed by atoms with E-state index in [-0.39, 0.29) is 11.8 Å². The first-order valence-electron chi connectivity index (χ1n) is 9.24. The van der Waals surface area contributed by atoms with Crippen molar-refractivity contribution >= 4 is 40.1 Å². The maximum atomic E-state index is 11.9. The van der Waals surface area contributed by atoms with Gasteiger partial charge in [-0.2, -0.15) is 0 Å². The third kappa shape index (κ3) is 3.54. The minimum Gasteiger partial charge on any atom is -0.362 e. The predicted molar refractivity (Wildman–Crippen MR) is 112 cm³/mol. The fraction of sp³-hybridized carbons (Fsp3) is 0.333. The van der Waals surface area contributed by atoms with Gasteiger partial charge in [0.05, 0.1) is 17.6 Å². The summed E-state index contributed by atoms with van der Waals surface area (Å²) < 4.78 is 2.29. The van der Waals surface area contributed by atoms with Gasteiger partial charge in [-0.25, -0.2) is 4.98 Å². The number of imidazole rings is 1. The zero-order valence-corrected chi connectivity index (χ0v) is 16.7. The van der Waals surface area contributed by atoms with Gasteiger partial charge in [0.2, 0.25) is 5.91 Å². The number of nitrogens with zero attached hydrogens (tertiary/aromatic N) is 3. The summed E-state index contributed by atoms with van der Waals surface area (Å²) in [5, 5.41) is 2.96. The molecule has 1 aliphatic rings. The quantitative estimate of drug-likeness (QED) is 0.683. The molecule has 0 saturated carbocycles. The van der Waals surface area contributed by atoms with Crippen molar-refractivity contribution in [3.8, 4) is 0 Å². The van der Waals surface area contributed by atoms with Crippen molar-refractivity contribution in [3.05, 3.63) is 48.3 Å². The van der Waals surface area contributed by atoms with Gasteiger partial charge >= 0.3 is 0 Å². The molecule has 0 spiro atoms. The highest BCUT2D eigenvalue weighted by atomic mass is 32.2. The predicted octanol–water partition coefficient (Wildman–Crippen LogP) is 4.37. The van der Waals surface area contributed by atoms with Crippen LogP contribution in [0.1, 0.15) is 19.7 Å². The fourth-order valence-electron chi connectivity index (χ4n) is 3.41. The van der Waals surface area contributed by atoms with Crippen molar-refractivity contribution in [2.75, 3.05) is 23.0 Å². The molecule has 0 unspecified atom stereocenters. The lowest BCUT2D eigenvalue weighted by atomic mass is 10.2. The first kappa shape index (κ1) is 17.9. The Morgan fingerprint density at radius 2 is 2.04 bits per heavy atom. The van der Waals surface area contributed by atoms with Gasteiger partial charge in [-0.05, 0) is 42.7 Å². The number of rotatable bonds is 4. The molecule has 6 heteroatoms. The summed E-state index contributed by atoms with van der Waals surface area (Å²) in [4.78, 5) is 20.5. The van der Waals surface area contributed by atoms with E-state index in [0.717, 1.165) is 42.2 Å². The molecule has 3 aromatic rings. The molecule has 0 radical (unpaired) electrons. The summed E-state index contributed by atoms with van der Waals surface area (Å²) in [5.74, 6) is 1.05. The van der Waals surface area contributed by atoms with Crippen LogP contribution >= 0.6 is 11.8 Å². The summed E-state index contributed by atoms with van der Waals surface area (Å²) in [6, 6.07) is 14.7. The molecule has 1 aromatic heterocycles. The van der Waals surface area contributed by atoms with Crippen LogP contribution in [0.5, 0.6) is 0 Å². The maximum absolute atomic E-state index is 11.9. The Morgan fingerprint density at radius 3 is 2.81 bits per heavy atom. The van der Waals surface area contributed by atoms with Gasteiger partial charge in [-0.3, -0.25) is 4.79 Å². The molecule has 5 nitrogen and oxygen atoms in total. The Hall–Kier alpha value is -2.47. The number of anilines is 2. The van der Waals surface area contributed by atoms with Crippen LogP contribution in [0.2, 0.25) is 0 Å². The van der Waals surface area contributed by atoms with Gasteiger partial charge in [-0.15, -0.1) is 11.8 Å². The van der Waals surface area contributed by atoms with Crippen LogP contribution in [0.15, 0.2) is 47.4 Å². The van der Waals surface area contributed by atoms with Crippen LogP contribution in [0.4, 0.5) is 11.4 Å². The summed E-state index contributed by atoms with van der Waals surface area (Å²) in [7, 11) is 0. The van der Waals surface area contributed by atoms with E-state index in [2.05, 4.69) is 51.4 Å². The number of thioether (sulfide) groups is 1. The molecule has 0 atom stereocenters. The van der Waals surface area contributed by atoms with Crippen LogP contribution in [0.3, 0.4) is 0 Å². The van der Waals surface area contributed by atoms with Crippen molar-refractivity contribution in [3.63, 3.8) is 0 Å². The molecule has 0 bridgehead atoms. The first-order chi connectivity index (χ1) is 13.0. The highest BCUT2D eigenvalue weighted by Crippen LogP contribution is 2.28. The number of fused-ring (bicyclic) bond motifs is 3. The van der Waals surface area contributed by atoms with Crippen molar-refractivity contribution in [1.82, 2.24) is 9.55 Å². The minimum atomic E-state index is -0.0403. The lowest BCUT2D eigenvalue weighted by Gasteiger charge is -2.30. The summed E-state index contributed by atoms with van der Waals surface area (Å²) in [6.07, 6.45) is 2.10. The second kappa shape index (κ2) is 7.27. The van der Waals surface area contributed by atoms with E-state index in [4.69, 9.17) is 4.98 Å². The average Bonchev–Trinajstić information content (AvgIpc) is 3.04. The number of aromatic nitrogens is 2. The van der Waals surface area contributed by atoms with Gasteiger partial charge in [-0.1, -0.05) is 19.9 Å². The maximum Gasteiger partial charge on any atom is 0.226 e. The second-order valence-electron chi connectivity index (χ2n) is 7.15. The van der Waals surface area contributed by atoms with Gasteiger partial charge < -0.3 is 14.8 Å². The Bertz CT molecular complexity index is 995. The van der Waals surface area contributed by atoms with Gasteiger partial charge in [0.25, 0.3) is 0 Å². The van der Waals surface area contributed by atoms with E-state index in [1.54, 1.807) is 11.8 Å². The standard InChI is InChI=1S/C21H24N4OS/c1-14(2)21(26)22-15-7-8-19-18(11-15)23-20-13-24(9-10-25(19)20)16-5-4-6-17(12-16)27-3/h4-8,11-12,14H,9-10,13H2,1-3H3,(H,22,26). The molecular formula is C21H24N4OS. The monoisotopic (exact) mass is 380 g/mol. The fourth-order valence-corrected chi connectivity index (χ4v) is 3.87. The Labute approximate surface area is 163 Å². The Kier molecular flexibility index (Phi) is 4.83. The topological polar surface area (TPSA) is 50.2 Å². The van der Waals surface area contributed by atoms with E-state index in [1.807, 2.05) is 26.0 Å². The molecule has 1 aliphatic heterocycles. The molecule has 2 aromatic carbocycles. The Morgan fingerprint density at radius 1 is 1.19 bits per heavy atom. The van der Waals surface area contributed by atoms with Crippen LogP contribution < -0.4 is 10.2 Å². The van der Waals surface area contributed by atoms with Crippen LogP contribution in [-0.4, -0.2) is 28.3 Å². The van der Waals surface area contributed by atoms with Crippen molar-refractivity contribution < 1.29 is 4.79 Å². The van der Waals surface area contributed by atoms with Crippen molar-refractivity contribution in [2.45, 2.75) is 31.8 Å². The molecule has 0 saturated heterocycles. The minimum absolute atomic E-state index is 0.0261. The van der Waals surface area contributed by atoms with E-state index >= 15 is 0 Å². The smallest absolute Gasteiger partial charge is 0.226 e. The van der Waals surface area contributed by atoms with E-state index in [9.17, 15) is 4.79 Å². The molecule has 1 amide bonds. The number of carbonyl (C=O) groups is 1. The van der Waals surface area contributed by atoms with Gasteiger partial charge in [0, 0.05) is 35.3 Å². The van der Waals surface area contributed by atoms with E-state index < -0.39 is 0 Å². The van der Waals surface area contributed by atoms with Crippen molar-refractivity contribution in [1.29, 1.82) is 0 Å². The van der Waals surface area contributed by atoms with Crippen LogP contribution in [0, 0.1) is 5.92 Å². The molecule has 4 rings (SSSR count). The average molecular weight is 381 g/mol. The number of amides is 1. The number of carbonyl (C=O) groups excluding carboxylic acids is 1. The number of hydrogen-bond donors (Lipinski definition) is 1. The highest BCUT2D eigenvalue weighted by molar-refractivity contribution is 7.98. The summed E-state index contributed by atoms with van der Waals surface area (Å²) in [6.45, 7) is 6.45. The first-order valence-corrected chi connectivity index (χ1v) is 10.5. The zero-order chi connectivity index (χ0) is 19.0. The highest BCUT2D eigenvalue weighted by Gasteiger charge is 2.21. The normalized spacial score (nSPS) is 13.9. The number of benzene rings is 2. The molecule has 1 N–H and O–H groups in total. The SMILES string of the molecule is CSc1cccc(N2CCn3c(nc4cc(NC(=O)C(C)C)ccc43)C2)c1. The lowest BCUT2D eigenvalue weighted by Crippen LogP contribution is -2.33. The van der Waals surface area contributed by atoms with Gasteiger partial charge in [0.1, 0.15) is 5.82 Å². The molecule has 27 heavy (non-hydrogen) atoms. The number of nitrogens with one attached hydrogen (secondary N) is 1. The summed E-state index contributed by atoms with van der Waals surface area (Å²) in [5.41, 5.74) is 4.11. The third-order valence-corrected chi connectivity index (χ3v) is 5.69. The van der Waals surface area contributed by atoms with Crippen molar-refractivity contribution in [2.24, 2.45) is 5.92 Å². The summed E-state index contributed by atoms with van der Waals surface area (Å²) >= 11 is 1.76.